The molecule has 0 aliphatic heterocycles. The summed E-state index contributed by atoms with van der Waals surface area (Å²) in [4.78, 5) is 0. The van der Waals surface area contributed by atoms with Crippen molar-refractivity contribution in [1.29, 1.82) is 0 Å². The van der Waals surface area contributed by atoms with Gasteiger partial charge in [0.05, 0.1) is 6.16 Å². The van der Waals surface area contributed by atoms with Crippen LogP contribution in [-0.4, -0.2) is 10.6 Å². The predicted octanol–water partition coefficient (Wildman–Crippen LogP) is 3.54. The lowest BCUT2D eigenvalue weighted by atomic mass is 10.2. The van der Waals surface area contributed by atoms with Gasteiger partial charge in [-0.25, -0.2) is 0 Å². The van der Waals surface area contributed by atoms with Crippen LogP contribution in [0.5, 0.6) is 0 Å². The molecule has 3 rings (SSSR count). The lowest BCUT2D eigenvalue weighted by Gasteiger charge is -2.26. The monoisotopic (exact) mass is 626 g/mol. The van der Waals surface area contributed by atoms with E-state index in [1.165, 1.54) is 46.0 Å². The molecule has 0 fully saturated rings. The van der Waals surface area contributed by atoms with Gasteiger partial charge in [-0.1, -0.05) is 95.8 Å². The van der Waals surface area contributed by atoms with Crippen molar-refractivity contribution in [3.63, 3.8) is 0 Å². The number of hydrogen-bond donors (Lipinski definition) is 0. The molecule has 0 bridgehead atoms. The summed E-state index contributed by atoms with van der Waals surface area (Å²) >= 11 is 2.47. The Morgan fingerprint density at radius 1 is 0.586 bits per heavy atom. The molecular weight excluding hydrogens is 597 g/mol. The summed E-state index contributed by atoms with van der Waals surface area (Å²) in [5.41, 5.74) is 0. The summed E-state index contributed by atoms with van der Waals surface area (Å²) in [6.45, 7) is 0. The average Bonchev–Trinajstić information content (AvgIpc) is 2.78. The molecule has 0 unspecified atom stereocenters. The van der Waals surface area contributed by atoms with Gasteiger partial charge in [-0.05, 0) is 60.1 Å². The molecule has 0 amide bonds. The maximum atomic E-state index is 2.47. The number of benzene rings is 3. The quantitative estimate of drug-likeness (QED) is 0.106. The molecule has 0 saturated carbocycles. The largest absolute Gasteiger partial charge is 1.00 e. The normalized spacial score (nSPS) is 11.3. The molecule has 0 saturated heterocycles. The van der Waals surface area contributed by atoms with Gasteiger partial charge < -0.3 is 24.0 Å². The highest BCUT2D eigenvalue weighted by Gasteiger charge is 2.43. The molecule has 29 heavy (non-hydrogen) atoms. The second kappa shape index (κ2) is 13.6. The highest BCUT2D eigenvalue weighted by atomic mass is 127. The van der Waals surface area contributed by atoms with Gasteiger partial charge in [0.15, 0.2) is 0 Å². The molecule has 0 nitrogen and oxygen atoms in total. The molecule has 0 spiro atoms. The van der Waals surface area contributed by atoms with Crippen LogP contribution < -0.4 is 39.9 Å². The minimum absolute atomic E-state index is 0. The van der Waals surface area contributed by atoms with Gasteiger partial charge in [-0.3, -0.25) is 0 Å². The highest BCUT2D eigenvalue weighted by Crippen LogP contribution is 2.55. The van der Waals surface area contributed by atoms with Crippen LogP contribution in [0.3, 0.4) is 0 Å². The zero-order chi connectivity index (χ0) is 19.5. The van der Waals surface area contributed by atoms with Crippen LogP contribution in [0.25, 0.3) is 0 Å². The summed E-state index contributed by atoms with van der Waals surface area (Å²) in [6, 6.07) is 33.4. The molecule has 0 N–H and O–H groups in total. The van der Waals surface area contributed by atoms with Crippen molar-refractivity contribution in [2.75, 3.05) is 10.6 Å². The Hall–Kier alpha value is -0.710. The van der Waals surface area contributed by atoms with E-state index >= 15 is 0 Å². The van der Waals surface area contributed by atoms with Crippen molar-refractivity contribution >= 4 is 45.8 Å². The van der Waals surface area contributed by atoms with Crippen LogP contribution >= 0.6 is 29.9 Å². The second-order valence-corrected chi connectivity index (χ2v) is 11.6. The Morgan fingerprint density at radius 2 is 1.03 bits per heavy atom. The van der Waals surface area contributed by atoms with Crippen LogP contribution in [0, 0.1) is 0 Å². The van der Waals surface area contributed by atoms with Gasteiger partial charge in [0.2, 0.25) is 0 Å². The Labute approximate surface area is 207 Å². The van der Waals surface area contributed by atoms with Crippen molar-refractivity contribution in [2.45, 2.75) is 25.7 Å². The van der Waals surface area contributed by atoms with E-state index < -0.39 is 7.26 Å². The molecule has 0 aliphatic carbocycles. The third-order valence-electron chi connectivity index (χ3n) is 5.14. The van der Waals surface area contributed by atoms with E-state index in [-0.39, 0.29) is 24.0 Å². The Morgan fingerprint density at radius 3 is 1.45 bits per heavy atom. The summed E-state index contributed by atoms with van der Waals surface area (Å²) in [5, 5.41) is 4.38. The molecule has 3 heteroatoms. The molecule has 152 valence electrons. The smallest absolute Gasteiger partial charge is 0.115 e. The fourth-order valence-electron chi connectivity index (χ4n) is 3.69. The zero-order valence-corrected chi connectivity index (χ0v) is 22.0. The van der Waals surface area contributed by atoms with Gasteiger partial charge in [0.25, 0.3) is 0 Å². The number of halogens is 2. The summed E-state index contributed by atoms with van der Waals surface area (Å²) in [5.74, 6) is 0. The third-order valence-corrected chi connectivity index (χ3v) is 10.2. The van der Waals surface area contributed by atoms with Crippen molar-refractivity contribution in [2.24, 2.45) is 0 Å². The molecule has 0 aliphatic rings. The lowest BCUT2D eigenvalue weighted by Crippen LogP contribution is -3.00. The van der Waals surface area contributed by atoms with E-state index in [9.17, 15) is 0 Å². The first kappa shape index (κ1) is 24.6. The Bertz CT molecular complexity index is 736. The van der Waals surface area contributed by atoms with Gasteiger partial charge >= 0.3 is 0 Å². The summed E-state index contributed by atoms with van der Waals surface area (Å²) in [6.07, 6.45) is 11.1. The van der Waals surface area contributed by atoms with Gasteiger partial charge in [-0.2, -0.15) is 0 Å². The zero-order valence-electron chi connectivity index (χ0n) is 16.8. The standard InChI is InChI=1S/C26H29IP.HI/c27-22-14-3-1-2-4-15-23-28(24-16-8-5-9-17-24,25-18-10-6-11-19-25)26-20-12-7-13-21-26;/h4-13,15-21H,1-3,14,22-23H2;1H/q+1;/p-1. The Balaban J connectivity index is 0.00000300. The maximum Gasteiger partial charge on any atom is 0.115 e. The first-order chi connectivity index (χ1) is 13.9. The minimum atomic E-state index is -1.70. The van der Waals surface area contributed by atoms with Crippen LogP contribution in [-0.2, 0) is 0 Å². The number of rotatable bonds is 10. The number of allylic oxidation sites excluding steroid dienone is 2. The lowest BCUT2D eigenvalue weighted by molar-refractivity contribution is -0.00000538. The first-order valence-electron chi connectivity index (χ1n) is 10.1. The van der Waals surface area contributed by atoms with Crippen molar-refractivity contribution in [3.05, 3.63) is 103 Å². The summed E-state index contributed by atoms with van der Waals surface area (Å²) < 4.78 is 1.27. The third kappa shape index (κ3) is 6.63. The van der Waals surface area contributed by atoms with Gasteiger partial charge in [0.1, 0.15) is 23.2 Å². The van der Waals surface area contributed by atoms with E-state index in [1.807, 2.05) is 0 Å². The molecule has 0 radical (unpaired) electrons. The van der Waals surface area contributed by atoms with Crippen molar-refractivity contribution < 1.29 is 24.0 Å². The number of unbranched alkanes of at least 4 members (excludes halogenated alkanes) is 3. The topological polar surface area (TPSA) is 0 Å². The van der Waals surface area contributed by atoms with Crippen molar-refractivity contribution in [1.82, 2.24) is 0 Å². The first-order valence-corrected chi connectivity index (χ1v) is 13.6. The Kier molecular flexibility index (Phi) is 11.5. The summed E-state index contributed by atoms with van der Waals surface area (Å²) in [7, 11) is -1.70. The minimum Gasteiger partial charge on any atom is -1.00 e. The van der Waals surface area contributed by atoms with Crippen LogP contribution in [0.15, 0.2) is 103 Å². The van der Waals surface area contributed by atoms with E-state index in [1.54, 1.807) is 0 Å². The van der Waals surface area contributed by atoms with Crippen molar-refractivity contribution in [3.8, 4) is 0 Å². The molecule has 3 aromatic rings. The molecule has 0 atom stereocenters. The SMILES string of the molecule is ICCCCCC=CC[P+](c1ccccc1)(c1ccccc1)c1ccccc1.[I-]. The highest BCUT2D eigenvalue weighted by molar-refractivity contribution is 14.1. The number of hydrogen-bond acceptors (Lipinski definition) is 0. The fourth-order valence-corrected chi connectivity index (χ4v) is 8.27. The number of alkyl halides is 1. The van der Waals surface area contributed by atoms with Gasteiger partial charge in [-0.15, -0.1) is 0 Å². The molecule has 0 heterocycles. The van der Waals surface area contributed by atoms with Crippen LogP contribution in [0.4, 0.5) is 0 Å². The van der Waals surface area contributed by atoms with Crippen LogP contribution in [0.2, 0.25) is 0 Å². The van der Waals surface area contributed by atoms with E-state index in [4.69, 9.17) is 0 Å². The van der Waals surface area contributed by atoms with E-state index in [0.29, 0.717) is 0 Å². The maximum absolute atomic E-state index is 2.47. The molecule has 3 aromatic carbocycles. The molecular formula is C26H29I2P. The van der Waals surface area contributed by atoms with E-state index in [0.717, 1.165) is 6.16 Å². The fraction of sp³-hybridized carbons (Fsp3) is 0.231. The second-order valence-electron chi connectivity index (χ2n) is 7.01. The molecule has 0 aromatic heterocycles. The van der Waals surface area contributed by atoms with Gasteiger partial charge in [0, 0.05) is 0 Å². The average molecular weight is 626 g/mol. The predicted molar refractivity (Wildman–Crippen MR) is 137 cm³/mol. The van der Waals surface area contributed by atoms with E-state index in [2.05, 4.69) is 126 Å². The van der Waals surface area contributed by atoms with Crippen LogP contribution in [0.1, 0.15) is 25.7 Å².